The van der Waals surface area contributed by atoms with E-state index in [4.69, 9.17) is 4.74 Å². The number of thiazole rings is 1. The maximum absolute atomic E-state index is 12.1. The van der Waals surface area contributed by atoms with Crippen LogP contribution in [0.2, 0.25) is 0 Å². The Balaban J connectivity index is 1.68. The van der Waals surface area contributed by atoms with Gasteiger partial charge in [0, 0.05) is 17.5 Å². The lowest BCUT2D eigenvalue weighted by atomic mass is 10.2. The third-order valence-electron chi connectivity index (χ3n) is 3.58. The molecule has 2 heterocycles. The summed E-state index contributed by atoms with van der Waals surface area (Å²) in [5.74, 6) is 1.70. The summed E-state index contributed by atoms with van der Waals surface area (Å²) in [6.45, 7) is 4.63. The van der Waals surface area contributed by atoms with Gasteiger partial charge in [-0.15, -0.1) is 21.5 Å². The van der Waals surface area contributed by atoms with Gasteiger partial charge in [0.25, 0.3) is 0 Å². The van der Waals surface area contributed by atoms with Crippen LogP contribution in [-0.2, 0) is 11.3 Å². The number of hydrogen-bond donors (Lipinski definition) is 1. The molecule has 7 nitrogen and oxygen atoms in total. The van der Waals surface area contributed by atoms with Gasteiger partial charge >= 0.3 is 0 Å². The van der Waals surface area contributed by atoms with Crippen molar-refractivity contribution in [2.45, 2.75) is 25.5 Å². The molecule has 26 heavy (non-hydrogen) atoms. The van der Waals surface area contributed by atoms with Gasteiger partial charge in [-0.25, -0.2) is 4.98 Å². The molecule has 0 saturated carbocycles. The Morgan fingerprint density at radius 2 is 2.08 bits per heavy atom. The molecule has 3 aromatic rings. The molecule has 0 aliphatic carbocycles. The zero-order valence-corrected chi connectivity index (χ0v) is 16.4. The lowest BCUT2D eigenvalue weighted by Crippen LogP contribution is -2.14. The van der Waals surface area contributed by atoms with Crippen molar-refractivity contribution in [3.8, 4) is 17.1 Å². The number of aromatic nitrogens is 4. The van der Waals surface area contributed by atoms with E-state index in [0.29, 0.717) is 16.8 Å². The molecule has 1 aromatic carbocycles. The van der Waals surface area contributed by atoms with E-state index in [-0.39, 0.29) is 11.7 Å². The second-order valence-corrected chi connectivity index (χ2v) is 7.21. The minimum atomic E-state index is -0.110. The first kappa shape index (κ1) is 18.4. The molecule has 0 atom stereocenters. The highest BCUT2D eigenvalue weighted by Gasteiger charge is 2.15. The predicted octanol–water partition coefficient (Wildman–Crippen LogP) is 3.47. The van der Waals surface area contributed by atoms with Crippen LogP contribution in [0.3, 0.4) is 0 Å². The van der Waals surface area contributed by atoms with E-state index in [9.17, 15) is 4.79 Å². The topological polar surface area (TPSA) is 81.9 Å². The molecular formula is C17H19N5O2S2. The summed E-state index contributed by atoms with van der Waals surface area (Å²) < 4.78 is 7.18. The standard InChI is InChI=1S/C17H19N5O2S2/c1-4-22-15(12-5-7-13(24-3)8-6-12)20-21-17(22)26-10-14(23)19-16-18-11(2)9-25-16/h5-9H,4,10H2,1-3H3,(H,18,19,23). The Labute approximate surface area is 159 Å². The van der Waals surface area contributed by atoms with Crippen molar-refractivity contribution in [3.63, 3.8) is 0 Å². The van der Waals surface area contributed by atoms with Crippen molar-refractivity contribution < 1.29 is 9.53 Å². The zero-order valence-electron chi connectivity index (χ0n) is 14.7. The highest BCUT2D eigenvalue weighted by molar-refractivity contribution is 7.99. The molecule has 0 unspecified atom stereocenters. The van der Waals surface area contributed by atoms with Gasteiger partial charge in [0.2, 0.25) is 5.91 Å². The molecule has 0 fully saturated rings. The van der Waals surface area contributed by atoms with Gasteiger partial charge < -0.3 is 14.6 Å². The number of ether oxygens (including phenoxy) is 1. The van der Waals surface area contributed by atoms with E-state index in [1.165, 1.54) is 23.1 Å². The Morgan fingerprint density at radius 1 is 1.31 bits per heavy atom. The Morgan fingerprint density at radius 3 is 2.69 bits per heavy atom. The normalized spacial score (nSPS) is 10.7. The number of carbonyl (C=O) groups is 1. The summed E-state index contributed by atoms with van der Waals surface area (Å²) >= 11 is 2.77. The summed E-state index contributed by atoms with van der Waals surface area (Å²) in [6.07, 6.45) is 0. The lowest BCUT2D eigenvalue weighted by Gasteiger charge is -2.08. The summed E-state index contributed by atoms with van der Waals surface area (Å²) in [7, 11) is 1.64. The number of amides is 1. The maximum Gasteiger partial charge on any atom is 0.236 e. The zero-order chi connectivity index (χ0) is 18.5. The van der Waals surface area contributed by atoms with Crippen molar-refractivity contribution in [1.29, 1.82) is 0 Å². The maximum atomic E-state index is 12.1. The molecule has 1 N–H and O–H groups in total. The van der Waals surface area contributed by atoms with Crippen LogP contribution in [0.5, 0.6) is 5.75 Å². The van der Waals surface area contributed by atoms with Crippen LogP contribution in [-0.4, -0.2) is 38.5 Å². The molecule has 0 spiro atoms. The molecule has 2 aromatic heterocycles. The SMILES string of the molecule is CCn1c(SCC(=O)Nc2nc(C)cs2)nnc1-c1ccc(OC)cc1. The third kappa shape index (κ3) is 4.23. The number of benzene rings is 1. The predicted molar refractivity (Wildman–Crippen MR) is 104 cm³/mol. The fourth-order valence-electron chi connectivity index (χ4n) is 2.33. The van der Waals surface area contributed by atoms with Crippen molar-refractivity contribution >= 4 is 34.1 Å². The largest absolute Gasteiger partial charge is 0.497 e. The van der Waals surface area contributed by atoms with Gasteiger partial charge in [0.05, 0.1) is 18.6 Å². The van der Waals surface area contributed by atoms with Crippen LogP contribution >= 0.6 is 23.1 Å². The highest BCUT2D eigenvalue weighted by Crippen LogP contribution is 2.25. The van der Waals surface area contributed by atoms with Crippen LogP contribution < -0.4 is 10.1 Å². The van der Waals surface area contributed by atoms with Gasteiger partial charge in [0.15, 0.2) is 16.1 Å². The molecule has 9 heteroatoms. The first-order chi connectivity index (χ1) is 12.6. The number of carbonyl (C=O) groups excluding carboxylic acids is 1. The van der Waals surface area contributed by atoms with Crippen molar-refractivity contribution in [3.05, 3.63) is 35.3 Å². The number of anilines is 1. The number of aryl methyl sites for hydroxylation is 1. The fourth-order valence-corrected chi connectivity index (χ4v) is 3.84. The van der Waals surface area contributed by atoms with Crippen molar-refractivity contribution in [2.75, 3.05) is 18.2 Å². The number of nitrogens with zero attached hydrogens (tertiary/aromatic N) is 4. The molecule has 0 aliphatic rings. The first-order valence-corrected chi connectivity index (χ1v) is 9.89. The third-order valence-corrected chi connectivity index (χ3v) is 5.42. The summed E-state index contributed by atoms with van der Waals surface area (Å²) in [5, 5.41) is 14.6. The van der Waals surface area contributed by atoms with Gasteiger partial charge in [-0.1, -0.05) is 11.8 Å². The molecule has 136 valence electrons. The van der Waals surface area contributed by atoms with Crippen LogP contribution in [0.1, 0.15) is 12.6 Å². The van der Waals surface area contributed by atoms with Gasteiger partial charge in [-0.05, 0) is 38.1 Å². The molecule has 0 bridgehead atoms. The minimum absolute atomic E-state index is 0.110. The number of hydrogen-bond acceptors (Lipinski definition) is 7. The Bertz CT molecular complexity index is 889. The average Bonchev–Trinajstić information content (AvgIpc) is 3.25. The van der Waals surface area contributed by atoms with E-state index in [1.807, 2.05) is 48.1 Å². The van der Waals surface area contributed by atoms with E-state index >= 15 is 0 Å². The van der Waals surface area contributed by atoms with Gasteiger partial charge in [0.1, 0.15) is 5.75 Å². The van der Waals surface area contributed by atoms with Gasteiger partial charge in [-0.2, -0.15) is 0 Å². The van der Waals surface area contributed by atoms with E-state index < -0.39 is 0 Å². The second kappa shape index (κ2) is 8.33. The molecule has 0 radical (unpaired) electrons. The average molecular weight is 390 g/mol. The Kier molecular flexibility index (Phi) is 5.89. The molecule has 1 amide bonds. The summed E-state index contributed by atoms with van der Waals surface area (Å²) in [5.41, 5.74) is 1.85. The second-order valence-electron chi connectivity index (χ2n) is 5.41. The first-order valence-electron chi connectivity index (χ1n) is 8.03. The molecule has 0 aliphatic heterocycles. The van der Waals surface area contributed by atoms with E-state index in [1.54, 1.807) is 7.11 Å². The smallest absolute Gasteiger partial charge is 0.236 e. The van der Waals surface area contributed by atoms with Crippen LogP contribution in [0, 0.1) is 6.92 Å². The molecule has 3 rings (SSSR count). The highest BCUT2D eigenvalue weighted by atomic mass is 32.2. The lowest BCUT2D eigenvalue weighted by molar-refractivity contribution is -0.113. The Hall–Kier alpha value is -2.39. The van der Waals surface area contributed by atoms with E-state index in [0.717, 1.165) is 22.8 Å². The number of nitrogens with one attached hydrogen (secondary N) is 1. The monoisotopic (exact) mass is 389 g/mol. The number of methoxy groups -OCH3 is 1. The number of rotatable bonds is 7. The van der Waals surface area contributed by atoms with Crippen LogP contribution in [0.4, 0.5) is 5.13 Å². The van der Waals surface area contributed by atoms with Crippen LogP contribution in [0.25, 0.3) is 11.4 Å². The summed E-state index contributed by atoms with van der Waals surface area (Å²) in [4.78, 5) is 16.3. The molecular weight excluding hydrogens is 370 g/mol. The van der Waals surface area contributed by atoms with E-state index in [2.05, 4.69) is 20.5 Å². The quantitative estimate of drug-likeness (QED) is 0.623. The number of thioether (sulfide) groups is 1. The van der Waals surface area contributed by atoms with Crippen molar-refractivity contribution in [1.82, 2.24) is 19.7 Å². The summed E-state index contributed by atoms with van der Waals surface area (Å²) in [6, 6.07) is 7.67. The minimum Gasteiger partial charge on any atom is -0.497 e. The fraction of sp³-hybridized carbons (Fsp3) is 0.294. The molecule has 0 saturated heterocycles. The van der Waals surface area contributed by atoms with Gasteiger partial charge in [-0.3, -0.25) is 4.79 Å². The van der Waals surface area contributed by atoms with Crippen LogP contribution in [0.15, 0.2) is 34.8 Å². The van der Waals surface area contributed by atoms with Crippen molar-refractivity contribution in [2.24, 2.45) is 0 Å².